The molecule has 2 amide bonds. The lowest BCUT2D eigenvalue weighted by atomic mass is 10.1. The van der Waals surface area contributed by atoms with Crippen LogP contribution in [-0.2, 0) is 13.0 Å². The first-order chi connectivity index (χ1) is 12.7. The van der Waals surface area contributed by atoms with Crippen LogP contribution in [0.25, 0.3) is 11.3 Å². The maximum Gasteiger partial charge on any atom is 0.315 e. The lowest BCUT2D eigenvalue weighted by Gasteiger charge is -2.07. The molecule has 0 aliphatic heterocycles. The molecule has 0 aliphatic carbocycles. The van der Waals surface area contributed by atoms with E-state index < -0.39 is 0 Å². The highest BCUT2D eigenvalue weighted by molar-refractivity contribution is 7.09. The third-order valence-corrected chi connectivity index (χ3v) is 4.73. The Morgan fingerprint density at radius 3 is 2.58 bits per heavy atom. The normalized spacial score (nSPS) is 10.3. The van der Waals surface area contributed by atoms with Crippen molar-refractivity contribution in [3.8, 4) is 17.0 Å². The Bertz CT molecular complexity index is 832. The fourth-order valence-electron chi connectivity index (χ4n) is 2.46. The van der Waals surface area contributed by atoms with Crippen LogP contribution in [0.4, 0.5) is 4.79 Å². The summed E-state index contributed by atoms with van der Waals surface area (Å²) in [6.45, 7) is 0.997. The Kier molecular flexibility index (Phi) is 6.22. The topological polar surface area (TPSA) is 63.2 Å². The zero-order valence-corrected chi connectivity index (χ0v) is 15.4. The lowest BCUT2D eigenvalue weighted by Crippen LogP contribution is -2.36. The monoisotopic (exact) mass is 367 g/mol. The van der Waals surface area contributed by atoms with Gasteiger partial charge in [0.1, 0.15) is 10.8 Å². The zero-order valence-electron chi connectivity index (χ0n) is 14.6. The first-order valence-electron chi connectivity index (χ1n) is 8.39. The molecule has 6 heteroatoms. The number of methoxy groups -OCH3 is 1. The van der Waals surface area contributed by atoms with Crippen molar-refractivity contribution in [1.82, 2.24) is 15.6 Å². The Labute approximate surface area is 157 Å². The molecule has 5 nitrogen and oxygen atoms in total. The molecular formula is C20H21N3O2S. The largest absolute Gasteiger partial charge is 0.497 e. The van der Waals surface area contributed by atoms with E-state index in [9.17, 15) is 4.79 Å². The maximum atomic E-state index is 11.9. The van der Waals surface area contributed by atoms with Crippen LogP contribution in [0, 0.1) is 0 Å². The second-order valence-corrected chi connectivity index (χ2v) is 6.64. The molecular weight excluding hydrogens is 346 g/mol. The molecule has 0 fully saturated rings. The van der Waals surface area contributed by atoms with Crippen LogP contribution in [0.3, 0.4) is 0 Å². The van der Waals surface area contributed by atoms with Gasteiger partial charge in [0.05, 0.1) is 19.3 Å². The van der Waals surface area contributed by atoms with Crippen molar-refractivity contribution < 1.29 is 9.53 Å². The zero-order chi connectivity index (χ0) is 18.2. The molecule has 0 spiro atoms. The first-order valence-corrected chi connectivity index (χ1v) is 9.27. The number of benzene rings is 2. The van der Waals surface area contributed by atoms with E-state index in [0.717, 1.165) is 34.0 Å². The lowest BCUT2D eigenvalue weighted by molar-refractivity contribution is 0.240. The van der Waals surface area contributed by atoms with E-state index in [1.165, 1.54) is 0 Å². The predicted octanol–water partition coefficient (Wildman–Crippen LogP) is 3.86. The molecule has 0 radical (unpaired) electrons. The fraction of sp³-hybridized carbons (Fsp3) is 0.200. The second-order valence-electron chi connectivity index (χ2n) is 5.70. The van der Waals surface area contributed by atoms with Gasteiger partial charge in [0.15, 0.2) is 0 Å². The van der Waals surface area contributed by atoms with Crippen LogP contribution in [0.2, 0.25) is 0 Å². The van der Waals surface area contributed by atoms with Gasteiger partial charge in [0, 0.05) is 17.5 Å². The number of amides is 2. The van der Waals surface area contributed by atoms with Crippen molar-refractivity contribution in [2.24, 2.45) is 0 Å². The summed E-state index contributed by atoms with van der Waals surface area (Å²) in [5, 5.41) is 8.60. The Balaban J connectivity index is 1.40. The maximum absolute atomic E-state index is 11.9. The van der Waals surface area contributed by atoms with Crippen LogP contribution in [-0.4, -0.2) is 24.7 Å². The van der Waals surface area contributed by atoms with Crippen molar-refractivity contribution in [2.75, 3.05) is 13.7 Å². The van der Waals surface area contributed by atoms with Crippen molar-refractivity contribution in [3.63, 3.8) is 0 Å². The van der Waals surface area contributed by atoms with Crippen LogP contribution >= 0.6 is 11.3 Å². The minimum atomic E-state index is -0.185. The van der Waals surface area contributed by atoms with Gasteiger partial charge in [-0.2, -0.15) is 0 Å². The van der Waals surface area contributed by atoms with Crippen molar-refractivity contribution in [3.05, 3.63) is 70.5 Å². The molecule has 2 aromatic carbocycles. The number of hydrogen-bond donors (Lipinski definition) is 2. The fourth-order valence-corrected chi connectivity index (χ4v) is 3.21. The van der Waals surface area contributed by atoms with Crippen LogP contribution < -0.4 is 15.4 Å². The van der Waals surface area contributed by atoms with Gasteiger partial charge < -0.3 is 15.4 Å². The second kappa shape index (κ2) is 9.01. The molecule has 3 aromatic rings. The molecule has 2 N–H and O–H groups in total. The van der Waals surface area contributed by atoms with Crippen LogP contribution in [0.15, 0.2) is 60.0 Å². The van der Waals surface area contributed by atoms with Crippen molar-refractivity contribution in [2.45, 2.75) is 13.0 Å². The van der Waals surface area contributed by atoms with Crippen LogP contribution in [0.5, 0.6) is 5.75 Å². The Morgan fingerprint density at radius 1 is 1.08 bits per heavy atom. The average molecular weight is 367 g/mol. The van der Waals surface area contributed by atoms with Gasteiger partial charge in [0.25, 0.3) is 0 Å². The molecule has 0 saturated heterocycles. The molecule has 1 heterocycles. The highest BCUT2D eigenvalue weighted by atomic mass is 32.1. The average Bonchev–Trinajstić information content (AvgIpc) is 3.17. The van der Waals surface area contributed by atoms with E-state index in [0.29, 0.717) is 13.1 Å². The molecule has 0 bridgehead atoms. The standard InChI is InChI=1S/C20H21N3O2S/c1-25-17-9-7-15(8-10-17)11-12-21-20(24)22-13-19-23-18(14-26-19)16-5-3-2-4-6-16/h2-10,14H,11-13H2,1H3,(H2,21,22,24). The Hall–Kier alpha value is -2.86. The highest BCUT2D eigenvalue weighted by Crippen LogP contribution is 2.21. The number of carbonyl (C=O) groups excluding carboxylic acids is 1. The van der Waals surface area contributed by atoms with E-state index >= 15 is 0 Å². The third-order valence-electron chi connectivity index (χ3n) is 3.88. The number of carbonyl (C=O) groups is 1. The minimum Gasteiger partial charge on any atom is -0.497 e. The number of urea groups is 1. The van der Waals surface area contributed by atoms with Gasteiger partial charge in [-0.1, -0.05) is 42.5 Å². The summed E-state index contributed by atoms with van der Waals surface area (Å²) in [5.41, 5.74) is 3.17. The number of hydrogen-bond acceptors (Lipinski definition) is 4. The molecule has 0 atom stereocenters. The van der Waals surface area contributed by atoms with E-state index in [4.69, 9.17) is 4.74 Å². The summed E-state index contributed by atoms with van der Waals surface area (Å²) < 4.78 is 5.13. The van der Waals surface area contributed by atoms with E-state index in [1.54, 1.807) is 18.4 Å². The minimum absolute atomic E-state index is 0.185. The molecule has 0 aliphatic rings. The number of nitrogens with one attached hydrogen (secondary N) is 2. The number of aromatic nitrogens is 1. The molecule has 0 unspecified atom stereocenters. The quantitative estimate of drug-likeness (QED) is 0.666. The van der Waals surface area contributed by atoms with Crippen molar-refractivity contribution >= 4 is 17.4 Å². The van der Waals surface area contributed by atoms with Gasteiger partial charge in [-0.15, -0.1) is 11.3 Å². The van der Waals surface area contributed by atoms with E-state index in [2.05, 4.69) is 15.6 Å². The summed E-state index contributed by atoms with van der Waals surface area (Å²) in [5.74, 6) is 0.831. The van der Waals surface area contributed by atoms with Gasteiger partial charge in [-0.25, -0.2) is 9.78 Å². The number of nitrogens with zero attached hydrogens (tertiary/aromatic N) is 1. The molecule has 3 rings (SSSR count). The summed E-state index contributed by atoms with van der Waals surface area (Å²) >= 11 is 1.55. The molecule has 134 valence electrons. The summed E-state index contributed by atoms with van der Waals surface area (Å²) in [6.07, 6.45) is 0.771. The Morgan fingerprint density at radius 2 is 1.85 bits per heavy atom. The SMILES string of the molecule is COc1ccc(CCNC(=O)NCc2nc(-c3ccccc3)cs2)cc1. The summed E-state index contributed by atoms with van der Waals surface area (Å²) in [4.78, 5) is 16.5. The predicted molar refractivity (Wildman–Crippen MR) is 104 cm³/mol. The van der Waals surface area contributed by atoms with E-state index in [1.807, 2.05) is 60.0 Å². The number of thiazole rings is 1. The summed E-state index contributed by atoms with van der Waals surface area (Å²) in [6, 6.07) is 17.7. The van der Waals surface area contributed by atoms with E-state index in [-0.39, 0.29) is 6.03 Å². The van der Waals surface area contributed by atoms with Crippen LogP contribution in [0.1, 0.15) is 10.6 Å². The van der Waals surface area contributed by atoms with Gasteiger partial charge in [0.2, 0.25) is 0 Å². The summed E-state index contributed by atoms with van der Waals surface area (Å²) in [7, 11) is 1.64. The third kappa shape index (κ3) is 5.07. The highest BCUT2D eigenvalue weighted by Gasteiger charge is 2.06. The molecule has 0 saturated carbocycles. The molecule has 26 heavy (non-hydrogen) atoms. The number of rotatable bonds is 7. The van der Waals surface area contributed by atoms with Gasteiger partial charge >= 0.3 is 6.03 Å². The smallest absolute Gasteiger partial charge is 0.315 e. The number of ether oxygens (including phenoxy) is 1. The van der Waals surface area contributed by atoms with Gasteiger partial charge in [-0.3, -0.25) is 0 Å². The van der Waals surface area contributed by atoms with Gasteiger partial charge in [-0.05, 0) is 24.1 Å². The first kappa shape index (κ1) is 17.9. The van der Waals surface area contributed by atoms with Crippen molar-refractivity contribution in [1.29, 1.82) is 0 Å². The molecule has 1 aromatic heterocycles.